The van der Waals surface area contributed by atoms with Gasteiger partial charge in [-0.3, -0.25) is 10.2 Å². The summed E-state index contributed by atoms with van der Waals surface area (Å²) in [5.41, 5.74) is 2.33. The van der Waals surface area contributed by atoms with Crippen molar-refractivity contribution in [3.8, 4) is 0 Å². The zero-order valence-electron chi connectivity index (χ0n) is 20.4. The van der Waals surface area contributed by atoms with Crippen LogP contribution in [0.1, 0.15) is 52.2 Å². The summed E-state index contributed by atoms with van der Waals surface area (Å²) in [6, 6.07) is 15.3. The predicted octanol–water partition coefficient (Wildman–Crippen LogP) is 7.51. The zero-order chi connectivity index (χ0) is 24.9. The number of ether oxygens (including phenoxy) is 1. The smallest absolute Gasteiger partial charge is 0.223 e. The Hall–Kier alpha value is -2.34. The van der Waals surface area contributed by atoms with Gasteiger partial charge in [0.25, 0.3) is 0 Å². The average molecular weight is 489 g/mol. The average Bonchev–Trinajstić information content (AvgIpc) is 2.86. The molecule has 4 nitrogen and oxygen atoms in total. The molecule has 2 rings (SSSR count). The second-order valence-corrected chi connectivity index (χ2v) is 7.67. The molecule has 0 aromatic heterocycles. The lowest BCUT2D eigenvalue weighted by atomic mass is 10.0. The van der Waals surface area contributed by atoms with Crippen LogP contribution >= 0.6 is 23.4 Å². The van der Waals surface area contributed by atoms with Crippen LogP contribution in [0.15, 0.2) is 77.1 Å². The highest BCUT2D eigenvalue weighted by Gasteiger charge is 2.09. The molecule has 0 radical (unpaired) electrons. The Morgan fingerprint density at radius 2 is 1.76 bits per heavy atom. The van der Waals surface area contributed by atoms with Crippen molar-refractivity contribution in [1.82, 2.24) is 5.32 Å². The zero-order valence-corrected chi connectivity index (χ0v) is 21.9. The van der Waals surface area contributed by atoms with Gasteiger partial charge in [-0.25, -0.2) is 0 Å². The van der Waals surface area contributed by atoms with Crippen LogP contribution in [-0.4, -0.2) is 31.4 Å². The molecule has 180 valence electrons. The van der Waals surface area contributed by atoms with Gasteiger partial charge in [0.05, 0.1) is 12.3 Å². The minimum absolute atomic E-state index is 0.0489. The molecular formula is C27H37ClN2O2S. The van der Waals surface area contributed by atoms with E-state index in [4.69, 9.17) is 21.7 Å². The number of carbonyl (C=O) groups is 1. The van der Waals surface area contributed by atoms with Crippen molar-refractivity contribution in [2.75, 3.05) is 19.8 Å². The van der Waals surface area contributed by atoms with Crippen molar-refractivity contribution < 1.29 is 9.53 Å². The minimum Gasteiger partial charge on any atom is -0.380 e. The first kappa shape index (κ1) is 30.7. The molecule has 0 aliphatic heterocycles. The molecule has 1 amide bonds. The molecule has 0 atom stereocenters. The van der Waals surface area contributed by atoms with Gasteiger partial charge < -0.3 is 10.1 Å². The van der Waals surface area contributed by atoms with Gasteiger partial charge in [0.2, 0.25) is 5.91 Å². The summed E-state index contributed by atoms with van der Waals surface area (Å²) in [4.78, 5) is 12.0. The molecule has 2 aromatic rings. The van der Waals surface area contributed by atoms with Gasteiger partial charge in [0.1, 0.15) is 0 Å². The first-order chi connectivity index (χ1) is 16.0. The van der Waals surface area contributed by atoms with Crippen molar-refractivity contribution in [2.24, 2.45) is 0 Å². The first-order valence-electron chi connectivity index (χ1n) is 11.2. The number of hydrogen-bond acceptors (Lipinski definition) is 4. The third kappa shape index (κ3) is 13.7. The lowest BCUT2D eigenvalue weighted by Gasteiger charge is -2.09. The SMILES string of the molecule is C/C=C/Sc1ccccc1C(=N)c1ccc(Cl)cc1.C/C=C\CC(=O)NCCOCC.CC. The number of benzene rings is 2. The summed E-state index contributed by atoms with van der Waals surface area (Å²) >= 11 is 7.50. The quantitative estimate of drug-likeness (QED) is 0.157. The molecule has 0 bridgehead atoms. The van der Waals surface area contributed by atoms with Gasteiger partial charge in [0, 0.05) is 40.6 Å². The van der Waals surface area contributed by atoms with Gasteiger partial charge in [-0.2, -0.15) is 0 Å². The minimum atomic E-state index is 0.0489. The van der Waals surface area contributed by atoms with Gasteiger partial charge in [-0.1, -0.05) is 85.8 Å². The number of rotatable bonds is 10. The molecule has 0 saturated heterocycles. The summed E-state index contributed by atoms with van der Waals surface area (Å²) in [6.07, 6.45) is 6.15. The highest BCUT2D eigenvalue weighted by atomic mass is 35.5. The van der Waals surface area contributed by atoms with Crippen LogP contribution in [0.25, 0.3) is 0 Å². The molecule has 0 spiro atoms. The highest BCUT2D eigenvalue weighted by molar-refractivity contribution is 8.02. The van der Waals surface area contributed by atoms with Crippen LogP contribution in [-0.2, 0) is 9.53 Å². The third-order valence-corrected chi connectivity index (χ3v) is 5.20. The monoisotopic (exact) mass is 488 g/mol. The molecule has 33 heavy (non-hydrogen) atoms. The van der Waals surface area contributed by atoms with Gasteiger partial charge in [-0.05, 0) is 44.4 Å². The van der Waals surface area contributed by atoms with E-state index in [0.717, 1.165) is 16.0 Å². The van der Waals surface area contributed by atoms with Crippen LogP contribution in [0.4, 0.5) is 0 Å². The van der Waals surface area contributed by atoms with E-state index >= 15 is 0 Å². The van der Waals surface area contributed by atoms with Gasteiger partial charge in [-0.15, -0.1) is 0 Å². The normalized spacial score (nSPS) is 10.2. The molecule has 0 fully saturated rings. The number of amides is 1. The predicted molar refractivity (Wildman–Crippen MR) is 145 cm³/mol. The van der Waals surface area contributed by atoms with E-state index in [1.807, 2.05) is 107 Å². The molecule has 0 unspecified atom stereocenters. The molecule has 0 aliphatic carbocycles. The summed E-state index contributed by atoms with van der Waals surface area (Å²) in [7, 11) is 0. The van der Waals surface area contributed by atoms with Gasteiger partial charge >= 0.3 is 0 Å². The lowest BCUT2D eigenvalue weighted by Crippen LogP contribution is -2.26. The molecule has 2 N–H and O–H groups in total. The topological polar surface area (TPSA) is 62.2 Å². The van der Waals surface area contributed by atoms with Crippen molar-refractivity contribution in [2.45, 2.75) is 45.9 Å². The van der Waals surface area contributed by atoms with E-state index in [-0.39, 0.29) is 5.91 Å². The highest BCUT2D eigenvalue weighted by Crippen LogP contribution is 2.26. The number of hydrogen-bond donors (Lipinski definition) is 2. The largest absolute Gasteiger partial charge is 0.380 e. The van der Waals surface area contributed by atoms with Crippen LogP contribution in [0.3, 0.4) is 0 Å². The summed E-state index contributed by atoms with van der Waals surface area (Å²) in [5, 5.41) is 13.8. The maximum atomic E-state index is 10.9. The van der Waals surface area contributed by atoms with Crippen molar-refractivity contribution in [3.05, 3.63) is 88.3 Å². The standard InChI is InChI=1S/C16H14ClNS.C9H17NO2.C2H6/c1-2-11-19-15-6-4-3-5-14(15)16(18)12-7-9-13(17)10-8-12;1-3-5-6-9(11)10-7-8-12-4-2;1-2/h2-11,18H,1H3;3,5H,4,6-8H2,1-2H3,(H,10,11);1-2H3/b11-2+,18-16?;5-3-;. The summed E-state index contributed by atoms with van der Waals surface area (Å²) in [5.74, 6) is 0.0489. The molecule has 2 aromatic carbocycles. The van der Waals surface area contributed by atoms with E-state index in [2.05, 4.69) is 5.32 Å². The van der Waals surface area contributed by atoms with Crippen LogP contribution < -0.4 is 5.32 Å². The molecule has 0 aliphatic rings. The van der Waals surface area contributed by atoms with Crippen LogP contribution in [0.5, 0.6) is 0 Å². The fraction of sp³-hybridized carbons (Fsp3) is 0.333. The van der Waals surface area contributed by atoms with Gasteiger partial charge in [0.15, 0.2) is 0 Å². The first-order valence-corrected chi connectivity index (χ1v) is 12.5. The summed E-state index contributed by atoms with van der Waals surface area (Å²) in [6.45, 7) is 11.7. The number of allylic oxidation sites excluding steroid dienone is 2. The molecule has 0 heterocycles. The Balaban J connectivity index is 0.000000635. The van der Waals surface area contributed by atoms with Crippen LogP contribution in [0, 0.1) is 5.41 Å². The molecular weight excluding hydrogens is 452 g/mol. The second kappa shape index (κ2) is 20.3. The van der Waals surface area contributed by atoms with Crippen molar-refractivity contribution >= 4 is 35.0 Å². The Morgan fingerprint density at radius 3 is 2.36 bits per heavy atom. The maximum Gasteiger partial charge on any atom is 0.223 e. The number of thioether (sulfide) groups is 1. The van der Waals surface area contributed by atoms with Crippen LogP contribution in [0.2, 0.25) is 5.02 Å². The second-order valence-electron chi connectivity index (χ2n) is 6.29. The van der Waals surface area contributed by atoms with Crippen molar-refractivity contribution in [1.29, 1.82) is 5.41 Å². The van der Waals surface area contributed by atoms with E-state index in [0.29, 0.717) is 36.9 Å². The maximum absolute atomic E-state index is 10.9. The van der Waals surface area contributed by atoms with Crippen molar-refractivity contribution in [3.63, 3.8) is 0 Å². The lowest BCUT2D eigenvalue weighted by molar-refractivity contribution is -0.120. The number of nitrogens with one attached hydrogen (secondary N) is 2. The fourth-order valence-electron chi connectivity index (χ4n) is 2.39. The number of halogens is 1. The molecule has 0 saturated carbocycles. The Morgan fingerprint density at radius 1 is 1.09 bits per heavy atom. The Bertz CT molecular complexity index is 865. The molecule has 6 heteroatoms. The Labute approximate surface area is 209 Å². The van der Waals surface area contributed by atoms with E-state index in [1.165, 1.54) is 0 Å². The third-order valence-electron chi connectivity index (χ3n) is 3.93. The fourth-order valence-corrected chi connectivity index (χ4v) is 3.26. The van der Waals surface area contributed by atoms with E-state index in [1.54, 1.807) is 11.8 Å². The van der Waals surface area contributed by atoms with E-state index < -0.39 is 0 Å². The van der Waals surface area contributed by atoms with E-state index in [9.17, 15) is 4.79 Å². The number of carbonyl (C=O) groups excluding carboxylic acids is 1. The summed E-state index contributed by atoms with van der Waals surface area (Å²) < 4.78 is 5.06. The Kier molecular flexibility index (Phi) is 18.8.